The van der Waals surface area contributed by atoms with E-state index in [0.29, 0.717) is 19.4 Å². The standard InChI is InChI=1S/C57H106O5/c1-4-7-10-13-16-19-21-23-25-27-29-30-32-34-36-39-41-44-47-50-56(58)61-54-55(62-57(59)51-48-45-42-38-18-15-12-9-6-3)53-60-52-49-46-43-40-37-35-33-31-28-26-24-22-20-17-14-11-8-5-2/h16,19,23-26,55H,4-15,17-18,20-22,27-54H2,1-3H3/b19-16-,25-23-,26-24-. The SMILES string of the molecule is CCCCC/C=C\C/C=C\CCCCCCCCCCCC(=O)OCC(COCCCCCCCCCC/C=C\CCCCCCCC)OC(=O)CCCCCCCCCCC. The van der Waals surface area contributed by atoms with E-state index in [9.17, 15) is 9.59 Å². The molecule has 0 rings (SSSR count). The molecule has 0 aromatic rings. The minimum Gasteiger partial charge on any atom is -0.462 e. The van der Waals surface area contributed by atoms with Crippen LogP contribution in [0, 0.1) is 0 Å². The van der Waals surface area contributed by atoms with Crippen molar-refractivity contribution in [2.45, 2.75) is 297 Å². The van der Waals surface area contributed by atoms with Crippen LogP contribution >= 0.6 is 0 Å². The molecule has 0 radical (unpaired) electrons. The van der Waals surface area contributed by atoms with Crippen molar-refractivity contribution in [3.63, 3.8) is 0 Å². The zero-order valence-corrected chi connectivity index (χ0v) is 41.9. The maximum absolute atomic E-state index is 12.7. The van der Waals surface area contributed by atoms with Gasteiger partial charge in [-0.3, -0.25) is 9.59 Å². The van der Waals surface area contributed by atoms with Crippen LogP contribution in [-0.4, -0.2) is 37.9 Å². The largest absolute Gasteiger partial charge is 0.462 e. The highest BCUT2D eigenvalue weighted by atomic mass is 16.6. The van der Waals surface area contributed by atoms with E-state index in [0.717, 1.165) is 44.9 Å². The Morgan fingerprint density at radius 1 is 0.355 bits per heavy atom. The van der Waals surface area contributed by atoms with Crippen LogP contribution < -0.4 is 0 Å². The zero-order valence-electron chi connectivity index (χ0n) is 41.9. The molecular weight excluding hydrogens is 765 g/mol. The first-order chi connectivity index (χ1) is 30.6. The van der Waals surface area contributed by atoms with Crippen molar-refractivity contribution in [2.24, 2.45) is 0 Å². The van der Waals surface area contributed by atoms with Gasteiger partial charge in [-0.1, -0.05) is 237 Å². The first-order valence-electron chi connectivity index (χ1n) is 27.5. The van der Waals surface area contributed by atoms with Crippen LogP contribution in [0.1, 0.15) is 290 Å². The first kappa shape index (κ1) is 60.1. The summed E-state index contributed by atoms with van der Waals surface area (Å²) >= 11 is 0. The third-order valence-corrected chi connectivity index (χ3v) is 12.1. The maximum Gasteiger partial charge on any atom is 0.306 e. The van der Waals surface area contributed by atoms with E-state index < -0.39 is 6.10 Å². The molecule has 0 aromatic heterocycles. The number of allylic oxidation sites excluding steroid dienone is 6. The lowest BCUT2D eigenvalue weighted by Gasteiger charge is -2.18. The average Bonchev–Trinajstić information content (AvgIpc) is 3.27. The van der Waals surface area contributed by atoms with Crippen LogP contribution in [0.3, 0.4) is 0 Å². The van der Waals surface area contributed by atoms with Gasteiger partial charge in [0.15, 0.2) is 6.10 Å². The van der Waals surface area contributed by atoms with Gasteiger partial charge in [0.1, 0.15) is 6.61 Å². The summed E-state index contributed by atoms with van der Waals surface area (Å²) in [5, 5.41) is 0. The fourth-order valence-electron chi connectivity index (χ4n) is 8.01. The van der Waals surface area contributed by atoms with Gasteiger partial charge < -0.3 is 14.2 Å². The molecule has 1 atom stereocenters. The smallest absolute Gasteiger partial charge is 0.306 e. The van der Waals surface area contributed by atoms with E-state index in [1.807, 2.05) is 0 Å². The number of esters is 2. The van der Waals surface area contributed by atoms with Crippen molar-refractivity contribution in [3.05, 3.63) is 36.5 Å². The number of carbonyl (C=O) groups excluding carboxylic acids is 2. The van der Waals surface area contributed by atoms with Crippen molar-refractivity contribution in [2.75, 3.05) is 19.8 Å². The number of unbranched alkanes of at least 4 members (excludes halogenated alkanes) is 34. The van der Waals surface area contributed by atoms with Gasteiger partial charge in [0, 0.05) is 19.4 Å². The molecule has 0 saturated carbocycles. The molecule has 0 amide bonds. The zero-order chi connectivity index (χ0) is 44.9. The van der Waals surface area contributed by atoms with Gasteiger partial charge in [-0.25, -0.2) is 0 Å². The molecule has 364 valence electrons. The monoisotopic (exact) mass is 871 g/mol. The highest BCUT2D eigenvalue weighted by molar-refractivity contribution is 5.70. The van der Waals surface area contributed by atoms with Gasteiger partial charge >= 0.3 is 11.9 Å². The van der Waals surface area contributed by atoms with E-state index in [4.69, 9.17) is 14.2 Å². The summed E-state index contributed by atoms with van der Waals surface area (Å²) in [4.78, 5) is 25.4. The molecule has 0 aliphatic carbocycles. The fraction of sp³-hybridized carbons (Fsp3) is 0.860. The molecule has 1 unspecified atom stereocenters. The highest BCUT2D eigenvalue weighted by Gasteiger charge is 2.17. The van der Waals surface area contributed by atoms with Crippen LogP contribution in [0.4, 0.5) is 0 Å². The van der Waals surface area contributed by atoms with Crippen LogP contribution in [0.15, 0.2) is 36.5 Å². The second-order valence-corrected chi connectivity index (χ2v) is 18.5. The number of ether oxygens (including phenoxy) is 3. The molecule has 0 N–H and O–H groups in total. The van der Waals surface area contributed by atoms with Crippen molar-refractivity contribution in [1.82, 2.24) is 0 Å². The van der Waals surface area contributed by atoms with E-state index in [-0.39, 0.29) is 25.2 Å². The summed E-state index contributed by atoms with van der Waals surface area (Å²) < 4.78 is 17.4. The molecule has 0 aliphatic heterocycles. The number of hydrogen-bond donors (Lipinski definition) is 0. The Balaban J connectivity index is 4.14. The third kappa shape index (κ3) is 50.8. The normalized spacial score (nSPS) is 12.4. The van der Waals surface area contributed by atoms with Gasteiger partial charge in [0.25, 0.3) is 0 Å². The van der Waals surface area contributed by atoms with Crippen LogP contribution in [0.2, 0.25) is 0 Å². The van der Waals surface area contributed by atoms with Crippen molar-refractivity contribution in [1.29, 1.82) is 0 Å². The summed E-state index contributed by atoms with van der Waals surface area (Å²) in [7, 11) is 0. The molecule has 0 bridgehead atoms. The molecule has 0 aromatic carbocycles. The summed E-state index contributed by atoms with van der Waals surface area (Å²) in [5.74, 6) is -0.392. The molecular formula is C57H106O5. The van der Waals surface area contributed by atoms with Crippen molar-refractivity contribution >= 4 is 11.9 Å². The Kier molecular flexibility index (Phi) is 51.8. The quantitative estimate of drug-likeness (QED) is 0.0346. The lowest BCUT2D eigenvalue weighted by Crippen LogP contribution is -2.30. The fourth-order valence-corrected chi connectivity index (χ4v) is 8.01. The Labute approximate surface area is 387 Å². The van der Waals surface area contributed by atoms with Gasteiger partial charge in [-0.15, -0.1) is 0 Å². The Morgan fingerprint density at radius 2 is 0.677 bits per heavy atom. The minimum absolute atomic E-state index is 0.0865. The number of rotatable bonds is 51. The highest BCUT2D eigenvalue weighted by Crippen LogP contribution is 2.15. The van der Waals surface area contributed by atoms with Crippen molar-refractivity contribution < 1.29 is 23.8 Å². The molecule has 0 aliphatic rings. The van der Waals surface area contributed by atoms with Gasteiger partial charge in [0.05, 0.1) is 6.61 Å². The Bertz CT molecular complexity index is 986. The lowest BCUT2D eigenvalue weighted by atomic mass is 10.1. The maximum atomic E-state index is 12.7. The second-order valence-electron chi connectivity index (χ2n) is 18.5. The number of hydrogen-bond acceptors (Lipinski definition) is 5. The predicted octanol–water partition coefficient (Wildman–Crippen LogP) is 18.6. The molecule has 0 saturated heterocycles. The number of carbonyl (C=O) groups is 2. The summed E-state index contributed by atoms with van der Waals surface area (Å²) in [5.41, 5.74) is 0. The van der Waals surface area contributed by atoms with Crippen molar-refractivity contribution in [3.8, 4) is 0 Å². The predicted molar refractivity (Wildman–Crippen MR) is 270 cm³/mol. The molecule has 5 heteroatoms. The van der Waals surface area contributed by atoms with Gasteiger partial charge in [-0.05, 0) is 77.0 Å². The van der Waals surface area contributed by atoms with Crippen LogP contribution in [-0.2, 0) is 23.8 Å². The summed E-state index contributed by atoms with van der Waals surface area (Å²) in [6, 6.07) is 0. The Morgan fingerprint density at radius 3 is 1.11 bits per heavy atom. The summed E-state index contributed by atoms with van der Waals surface area (Å²) in [6.07, 6.45) is 64.5. The van der Waals surface area contributed by atoms with E-state index in [1.165, 1.54) is 212 Å². The molecule has 0 spiro atoms. The lowest BCUT2D eigenvalue weighted by molar-refractivity contribution is -0.163. The van der Waals surface area contributed by atoms with Gasteiger partial charge in [0.2, 0.25) is 0 Å². The van der Waals surface area contributed by atoms with Crippen LogP contribution in [0.5, 0.6) is 0 Å². The topological polar surface area (TPSA) is 61.8 Å². The molecule has 62 heavy (non-hydrogen) atoms. The first-order valence-corrected chi connectivity index (χ1v) is 27.5. The molecule has 0 fully saturated rings. The average molecular weight is 871 g/mol. The molecule has 5 nitrogen and oxygen atoms in total. The van der Waals surface area contributed by atoms with E-state index in [2.05, 4.69) is 57.2 Å². The Hall–Kier alpha value is -1.88. The van der Waals surface area contributed by atoms with Crippen LogP contribution in [0.25, 0.3) is 0 Å². The van der Waals surface area contributed by atoms with E-state index in [1.54, 1.807) is 0 Å². The third-order valence-electron chi connectivity index (χ3n) is 12.1. The van der Waals surface area contributed by atoms with Gasteiger partial charge in [-0.2, -0.15) is 0 Å². The summed E-state index contributed by atoms with van der Waals surface area (Å²) in [6.45, 7) is 7.82. The second kappa shape index (κ2) is 53.5. The molecule has 0 heterocycles. The van der Waals surface area contributed by atoms with E-state index >= 15 is 0 Å². The minimum atomic E-state index is -0.534.